The average Bonchev–Trinajstić information content (AvgIpc) is 3.28. The first kappa shape index (κ1) is 17.2. The van der Waals surface area contributed by atoms with Crippen molar-refractivity contribution in [1.29, 1.82) is 0 Å². The molecule has 0 spiro atoms. The van der Waals surface area contributed by atoms with Gasteiger partial charge in [0.2, 0.25) is 11.8 Å². The summed E-state index contributed by atoms with van der Waals surface area (Å²) in [5, 5.41) is 17.8. The summed E-state index contributed by atoms with van der Waals surface area (Å²) in [6, 6.07) is 0.265. The van der Waals surface area contributed by atoms with E-state index < -0.39 is 5.69 Å². The molecule has 142 valence electrons. The van der Waals surface area contributed by atoms with Gasteiger partial charge in [-0.3, -0.25) is 4.98 Å². The number of imidazole rings is 1. The molecule has 3 aromatic rings. The molecule has 1 saturated carbocycles. The molecule has 1 aliphatic rings. The van der Waals surface area contributed by atoms with Crippen LogP contribution in [0.15, 0.2) is 16.0 Å². The maximum atomic E-state index is 11.3. The summed E-state index contributed by atoms with van der Waals surface area (Å²) in [6.45, 7) is 3.68. The minimum Gasteiger partial charge on any atom is -0.493 e. The Morgan fingerprint density at radius 3 is 3.00 bits per heavy atom. The van der Waals surface area contributed by atoms with Gasteiger partial charge in [0.15, 0.2) is 5.65 Å². The lowest BCUT2D eigenvalue weighted by Crippen LogP contribution is -2.25. The van der Waals surface area contributed by atoms with E-state index in [1.807, 2.05) is 6.92 Å². The van der Waals surface area contributed by atoms with E-state index in [0.29, 0.717) is 42.2 Å². The molecule has 11 nitrogen and oxygen atoms in total. The number of aromatic amines is 2. The Balaban J connectivity index is 1.79. The monoisotopic (exact) mass is 372 g/mol. The molecule has 27 heavy (non-hydrogen) atoms. The Labute approximate surface area is 152 Å². The molecule has 0 atom stereocenters. The average molecular weight is 372 g/mol. The number of hydrogen-bond donors (Lipinski definition) is 4. The molecule has 4 rings (SSSR count). The first-order valence-electron chi connectivity index (χ1n) is 8.78. The van der Waals surface area contributed by atoms with Gasteiger partial charge in [0, 0.05) is 18.4 Å². The smallest absolute Gasteiger partial charge is 0.326 e. The number of anilines is 1. The molecule has 4 N–H and O–H groups in total. The van der Waals surface area contributed by atoms with Gasteiger partial charge in [-0.1, -0.05) is 0 Å². The van der Waals surface area contributed by atoms with E-state index >= 15 is 0 Å². The molecule has 11 heteroatoms. The summed E-state index contributed by atoms with van der Waals surface area (Å²) in [5.41, 5.74) is 0.741. The van der Waals surface area contributed by atoms with Crippen molar-refractivity contribution in [3.05, 3.63) is 33.2 Å². The van der Waals surface area contributed by atoms with Crippen molar-refractivity contribution in [2.45, 2.75) is 25.8 Å². The quantitative estimate of drug-likeness (QED) is 0.385. The highest BCUT2D eigenvalue weighted by atomic mass is 16.5. The maximum Gasteiger partial charge on any atom is 0.326 e. The van der Waals surface area contributed by atoms with Crippen LogP contribution in [0.3, 0.4) is 0 Å². The topological polar surface area (TPSA) is 146 Å². The highest BCUT2D eigenvalue weighted by Crippen LogP contribution is 2.22. The Hall–Kier alpha value is -3.21. The van der Waals surface area contributed by atoms with Gasteiger partial charge >= 0.3 is 5.69 Å². The normalized spacial score (nSPS) is 15.7. The first-order valence-corrected chi connectivity index (χ1v) is 8.78. The number of hydrogen-bond acceptors (Lipinski definition) is 8. The lowest BCUT2D eigenvalue weighted by Gasteiger charge is -2.05. The maximum absolute atomic E-state index is 11.3. The van der Waals surface area contributed by atoms with E-state index in [2.05, 4.69) is 35.3 Å². The summed E-state index contributed by atoms with van der Waals surface area (Å²) < 4.78 is 6.88. The van der Waals surface area contributed by atoms with Crippen LogP contribution in [0.2, 0.25) is 0 Å². The van der Waals surface area contributed by atoms with Crippen LogP contribution in [-0.4, -0.2) is 60.5 Å². The second-order valence-corrected chi connectivity index (χ2v) is 6.15. The van der Waals surface area contributed by atoms with Crippen molar-refractivity contribution < 1.29 is 9.84 Å². The molecule has 1 aliphatic carbocycles. The molecule has 3 heterocycles. The zero-order chi connectivity index (χ0) is 18.8. The van der Waals surface area contributed by atoms with Crippen LogP contribution in [0.4, 0.5) is 5.95 Å². The van der Waals surface area contributed by atoms with Crippen molar-refractivity contribution in [2.24, 2.45) is 4.99 Å². The van der Waals surface area contributed by atoms with Crippen molar-refractivity contribution >= 4 is 17.7 Å². The highest BCUT2D eigenvalue weighted by Gasteiger charge is 2.20. The third kappa shape index (κ3) is 3.82. The number of nitrogens with one attached hydrogen (secondary N) is 3. The van der Waals surface area contributed by atoms with E-state index in [1.165, 1.54) is 0 Å². The molecule has 0 amide bonds. The lowest BCUT2D eigenvalue weighted by molar-refractivity contribution is 0.158. The van der Waals surface area contributed by atoms with Crippen molar-refractivity contribution in [3.8, 4) is 5.88 Å². The van der Waals surface area contributed by atoms with Gasteiger partial charge in [-0.2, -0.15) is 19.6 Å². The first-order chi connectivity index (χ1) is 13.1. The Morgan fingerprint density at radius 1 is 1.44 bits per heavy atom. The molecular weight excluding hydrogens is 352 g/mol. The fourth-order valence-electron chi connectivity index (χ4n) is 2.54. The van der Waals surface area contributed by atoms with Gasteiger partial charge in [-0.05, 0) is 25.8 Å². The second-order valence-electron chi connectivity index (χ2n) is 6.15. The summed E-state index contributed by atoms with van der Waals surface area (Å²) in [4.78, 5) is 29.7. The van der Waals surface area contributed by atoms with Crippen LogP contribution < -0.4 is 21.8 Å². The third-order valence-corrected chi connectivity index (χ3v) is 3.99. The number of nitrogens with zero attached hydrogens (tertiary/aromatic N) is 5. The van der Waals surface area contributed by atoms with Crippen LogP contribution >= 0.6 is 0 Å². The number of ether oxygens (including phenoxy) is 1. The van der Waals surface area contributed by atoms with Gasteiger partial charge in [-0.15, -0.1) is 0 Å². The van der Waals surface area contributed by atoms with Crippen LogP contribution in [0.25, 0.3) is 11.7 Å². The van der Waals surface area contributed by atoms with Crippen molar-refractivity contribution in [2.75, 3.05) is 25.1 Å². The second kappa shape index (κ2) is 7.19. The number of rotatable bonds is 7. The zero-order valence-electron chi connectivity index (χ0n) is 14.8. The molecule has 0 saturated heterocycles. The van der Waals surface area contributed by atoms with E-state index in [-0.39, 0.29) is 17.6 Å². The molecule has 0 unspecified atom stereocenters. The predicted molar refractivity (Wildman–Crippen MR) is 96.2 cm³/mol. The number of aromatic hydroxyl groups is 1. The fourth-order valence-corrected chi connectivity index (χ4v) is 2.54. The van der Waals surface area contributed by atoms with Crippen LogP contribution in [0.5, 0.6) is 5.88 Å². The summed E-state index contributed by atoms with van der Waals surface area (Å²) in [7, 11) is 0. The van der Waals surface area contributed by atoms with Gasteiger partial charge < -0.3 is 20.1 Å². The molecule has 0 aromatic carbocycles. The van der Waals surface area contributed by atoms with Gasteiger partial charge in [0.25, 0.3) is 5.62 Å². The minimum atomic E-state index is -0.493. The van der Waals surface area contributed by atoms with Crippen molar-refractivity contribution in [3.63, 3.8) is 0 Å². The van der Waals surface area contributed by atoms with E-state index in [4.69, 9.17) is 4.74 Å². The standard InChI is InChI=1S/C16H20N8O3/c1-2-27-6-5-17-14-21-12-9(7-11-13(25)22-16(26)20-11)8-18-24(12)15(23-14)19-10-3-4-10/h7-8,10,25H,2-6H2,1H3,(H,17,19,23)(H2,20,22,26)/b9-7+. The van der Waals surface area contributed by atoms with Gasteiger partial charge in [0.05, 0.1) is 18.8 Å². The number of fused-ring (bicyclic) bond motifs is 1. The van der Waals surface area contributed by atoms with Crippen LogP contribution in [-0.2, 0) is 4.74 Å². The lowest BCUT2D eigenvalue weighted by atomic mass is 10.3. The molecular formula is C16H20N8O3. The molecule has 1 fully saturated rings. The summed E-state index contributed by atoms with van der Waals surface area (Å²) >= 11 is 0. The van der Waals surface area contributed by atoms with E-state index in [0.717, 1.165) is 12.8 Å². The minimum absolute atomic E-state index is 0.244. The molecule has 3 aromatic heterocycles. The summed E-state index contributed by atoms with van der Waals surface area (Å²) in [5.74, 6) is 0.176. The van der Waals surface area contributed by atoms with Crippen LogP contribution in [0, 0.1) is 0 Å². The van der Waals surface area contributed by atoms with Crippen molar-refractivity contribution in [1.82, 2.24) is 29.5 Å². The fraction of sp³-hybridized carbons (Fsp3) is 0.438. The molecule has 0 radical (unpaired) electrons. The van der Waals surface area contributed by atoms with Crippen LogP contribution in [0.1, 0.15) is 25.5 Å². The highest BCUT2D eigenvalue weighted by molar-refractivity contribution is 5.57. The van der Waals surface area contributed by atoms with Gasteiger partial charge in [-0.25, -0.2) is 9.79 Å². The number of aromatic nitrogens is 6. The largest absolute Gasteiger partial charge is 0.493 e. The van der Waals surface area contributed by atoms with E-state index in [9.17, 15) is 9.90 Å². The third-order valence-electron chi connectivity index (χ3n) is 3.99. The SMILES string of the molecule is CCOCCNc1nc(=NC2CC2)n2nc/c(=C\c3[nH]c(=O)[nH]c3O)c2n1. The molecule has 0 aliphatic heterocycles. The summed E-state index contributed by atoms with van der Waals surface area (Å²) in [6.07, 6.45) is 5.26. The predicted octanol–water partition coefficient (Wildman–Crippen LogP) is -1.09. The Kier molecular flexibility index (Phi) is 4.59. The Morgan fingerprint density at radius 2 is 2.30 bits per heavy atom. The molecule has 0 bridgehead atoms. The Bertz CT molecular complexity index is 1120. The van der Waals surface area contributed by atoms with Gasteiger partial charge in [0.1, 0.15) is 5.69 Å². The van der Waals surface area contributed by atoms with E-state index in [1.54, 1.807) is 16.8 Å². The number of H-pyrrole nitrogens is 2. The zero-order valence-corrected chi connectivity index (χ0v) is 14.8.